The van der Waals surface area contributed by atoms with Gasteiger partial charge in [0.2, 0.25) is 5.91 Å². The van der Waals surface area contributed by atoms with Crippen LogP contribution in [0.5, 0.6) is 5.75 Å². The van der Waals surface area contributed by atoms with E-state index in [2.05, 4.69) is 33.0 Å². The molecule has 0 heterocycles. The van der Waals surface area contributed by atoms with E-state index in [9.17, 15) is 9.59 Å². The van der Waals surface area contributed by atoms with E-state index < -0.39 is 5.97 Å². The van der Waals surface area contributed by atoms with E-state index in [4.69, 9.17) is 9.84 Å². The zero-order valence-electron chi connectivity index (χ0n) is 14.2. The van der Waals surface area contributed by atoms with Crippen molar-refractivity contribution in [2.75, 3.05) is 13.2 Å². The van der Waals surface area contributed by atoms with E-state index >= 15 is 0 Å². The summed E-state index contributed by atoms with van der Waals surface area (Å²) >= 11 is 0. The quantitative estimate of drug-likeness (QED) is 0.809. The number of hydrogen-bond acceptors (Lipinski definition) is 3. The van der Waals surface area contributed by atoms with Gasteiger partial charge in [0.1, 0.15) is 5.75 Å². The molecule has 0 bridgehead atoms. The second kappa shape index (κ2) is 6.22. The number of ether oxygens (including phenoxy) is 1. The van der Waals surface area contributed by atoms with Gasteiger partial charge in [0.05, 0.1) is 0 Å². The largest absolute Gasteiger partial charge is 0.482 e. The molecular weight excluding hydrogens is 294 g/mol. The zero-order chi connectivity index (χ0) is 17.3. The molecule has 0 atom stereocenters. The summed E-state index contributed by atoms with van der Waals surface area (Å²) in [6, 6.07) is 7.25. The Bertz CT molecular complexity index is 576. The summed E-state index contributed by atoms with van der Waals surface area (Å²) in [4.78, 5) is 22.7. The Labute approximate surface area is 137 Å². The van der Waals surface area contributed by atoms with Gasteiger partial charge in [0.25, 0.3) is 0 Å². The molecule has 1 aliphatic rings. The average molecular weight is 319 g/mol. The van der Waals surface area contributed by atoms with Gasteiger partial charge in [-0.3, -0.25) is 4.79 Å². The number of nitrogens with one attached hydrogen (secondary N) is 1. The van der Waals surface area contributed by atoms with Crippen LogP contribution in [0.2, 0.25) is 0 Å². The van der Waals surface area contributed by atoms with Gasteiger partial charge in [0, 0.05) is 12.5 Å². The Hall–Kier alpha value is -2.04. The highest BCUT2D eigenvalue weighted by atomic mass is 16.5. The SMILES string of the molecule is CC1(C)C(C(=O)NCCc2ccc(OCC(=O)O)cc2)C1(C)C. The van der Waals surface area contributed by atoms with Crippen LogP contribution in [0, 0.1) is 16.7 Å². The number of rotatable bonds is 7. The highest BCUT2D eigenvalue weighted by Gasteiger charge is 2.68. The Kier molecular flexibility index (Phi) is 4.68. The van der Waals surface area contributed by atoms with Crippen LogP contribution in [0.3, 0.4) is 0 Å². The lowest BCUT2D eigenvalue weighted by Gasteiger charge is -2.08. The minimum absolute atomic E-state index is 0.0558. The Balaban J connectivity index is 1.76. The lowest BCUT2D eigenvalue weighted by atomic mass is 10.0. The molecule has 1 aromatic carbocycles. The summed E-state index contributed by atoms with van der Waals surface area (Å²) < 4.78 is 5.08. The summed E-state index contributed by atoms with van der Waals surface area (Å²) in [5.74, 6) is -0.271. The van der Waals surface area contributed by atoms with Crippen molar-refractivity contribution in [1.82, 2.24) is 5.32 Å². The van der Waals surface area contributed by atoms with E-state index in [1.54, 1.807) is 12.1 Å². The predicted molar refractivity (Wildman–Crippen MR) is 87.3 cm³/mol. The van der Waals surface area contributed by atoms with Crippen LogP contribution in [-0.4, -0.2) is 30.1 Å². The third-order valence-corrected chi connectivity index (χ3v) is 5.28. The third-order valence-electron chi connectivity index (χ3n) is 5.28. The first-order valence-electron chi connectivity index (χ1n) is 7.87. The van der Waals surface area contributed by atoms with Crippen LogP contribution in [0.4, 0.5) is 0 Å². The van der Waals surface area contributed by atoms with Gasteiger partial charge in [-0.25, -0.2) is 4.79 Å². The van der Waals surface area contributed by atoms with E-state index in [1.165, 1.54) is 0 Å². The van der Waals surface area contributed by atoms with E-state index in [0.717, 1.165) is 12.0 Å². The van der Waals surface area contributed by atoms with Crippen LogP contribution in [0.15, 0.2) is 24.3 Å². The molecular formula is C18H25NO4. The monoisotopic (exact) mass is 319 g/mol. The topological polar surface area (TPSA) is 75.6 Å². The molecule has 1 aliphatic carbocycles. The van der Waals surface area contributed by atoms with Crippen molar-refractivity contribution in [2.45, 2.75) is 34.1 Å². The first-order valence-corrected chi connectivity index (χ1v) is 7.87. The number of carboxylic acid groups (broad SMARTS) is 1. The minimum Gasteiger partial charge on any atom is -0.482 e. The summed E-state index contributed by atoms with van der Waals surface area (Å²) in [5.41, 5.74) is 1.18. The molecule has 2 N–H and O–H groups in total. The molecule has 23 heavy (non-hydrogen) atoms. The Morgan fingerprint density at radius 3 is 2.17 bits per heavy atom. The standard InChI is InChI=1S/C18H25NO4/c1-17(2)15(18(17,3)4)16(22)19-10-9-12-5-7-13(8-6-12)23-11-14(20)21/h5-8,15H,9-11H2,1-4H3,(H,19,22)(H,20,21). The maximum atomic E-state index is 12.2. The molecule has 1 amide bonds. The van der Waals surface area contributed by atoms with Crippen LogP contribution in [0.1, 0.15) is 33.3 Å². The van der Waals surface area contributed by atoms with Crippen molar-refractivity contribution in [2.24, 2.45) is 16.7 Å². The van der Waals surface area contributed by atoms with Crippen molar-refractivity contribution in [3.63, 3.8) is 0 Å². The third kappa shape index (κ3) is 3.66. The normalized spacial score (nSPS) is 18.3. The molecule has 0 aromatic heterocycles. The highest BCUT2D eigenvalue weighted by molar-refractivity contribution is 5.84. The molecule has 1 saturated carbocycles. The lowest BCUT2D eigenvalue weighted by molar-refractivity contribution is -0.139. The number of amides is 1. The minimum atomic E-state index is -0.997. The van der Waals surface area contributed by atoms with Crippen molar-refractivity contribution >= 4 is 11.9 Å². The number of carboxylic acids is 1. The second-order valence-electron chi connectivity index (χ2n) is 7.24. The number of hydrogen-bond donors (Lipinski definition) is 2. The second-order valence-corrected chi connectivity index (χ2v) is 7.24. The summed E-state index contributed by atoms with van der Waals surface area (Å²) in [6.07, 6.45) is 0.735. The number of benzene rings is 1. The number of carbonyl (C=O) groups excluding carboxylic acids is 1. The summed E-state index contributed by atoms with van der Waals surface area (Å²) in [7, 11) is 0. The lowest BCUT2D eigenvalue weighted by Crippen LogP contribution is -2.29. The van der Waals surface area contributed by atoms with E-state index in [-0.39, 0.29) is 29.3 Å². The van der Waals surface area contributed by atoms with Gasteiger partial charge in [-0.15, -0.1) is 0 Å². The van der Waals surface area contributed by atoms with Gasteiger partial charge in [-0.2, -0.15) is 0 Å². The molecule has 1 fully saturated rings. The Morgan fingerprint density at radius 2 is 1.70 bits per heavy atom. The molecule has 2 rings (SSSR count). The molecule has 5 heteroatoms. The molecule has 0 saturated heterocycles. The predicted octanol–water partition coefficient (Wildman–Crippen LogP) is 2.49. The first kappa shape index (κ1) is 17.3. The zero-order valence-corrected chi connectivity index (χ0v) is 14.2. The smallest absolute Gasteiger partial charge is 0.341 e. The van der Waals surface area contributed by atoms with Gasteiger partial charge < -0.3 is 15.2 Å². The van der Waals surface area contributed by atoms with Gasteiger partial charge in [-0.05, 0) is 34.9 Å². The molecule has 0 aliphatic heterocycles. The number of carbonyl (C=O) groups is 2. The Morgan fingerprint density at radius 1 is 1.13 bits per heavy atom. The average Bonchev–Trinajstić information content (AvgIpc) is 2.87. The van der Waals surface area contributed by atoms with Gasteiger partial charge in [0.15, 0.2) is 6.61 Å². The van der Waals surface area contributed by atoms with Crippen LogP contribution >= 0.6 is 0 Å². The summed E-state index contributed by atoms with van der Waals surface area (Å²) in [6.45, 7) is 8.78. The number of aliphatic carboxylic acids is 1. The molecule has 5 nitrogen and oxygen atoms in total. The fourth-order valence-corrected chi connectivity index (χ4v) is 3.18. The van der Waals surface area contributed by atoms with Crippen LogP contribution in [-0.2, 0) is 16.0 Å². The van der Waals surface area contributed by atoms with Crippen molar-refractivity contribution in [3.05, 3.63) is 29.8 Å². The van der Waals surface area contributed by atoms with Crippen molar-refractivity contribution < 1.29 is 19.4 Å². The van der Waals surface area contributed by atoms with Crippen LogP contribution < -0.4 is 10.1 Å². The van der Waals surface area contributed by atoms with Gasteiger partial charge in [-0.1, -0.05) is 39.8 Å². The van der Waals surface area contributed by atoms with Crippen molar-refractivity contribution in [3.8, 4) is 5.75 Å². The van der Waals surface area contributed by atoms with Crippen LogP contribution in [0.25, 0.3) is 0 Å². The van der Waals surface area contributed by atoms with E-state index in [1.807, 2.05) is 12.1 Å². The highest BCUT2D eigenvalue weighted by Crippen LogP contribution is 2.68. The van der Waals surface area contributed by atoms with E-state index in [0.29, 0.717) is 12.3 Å². The fourth-order valence-electron chi connectivity index (χ4n) is 3.18. The fraction of sp³-hybridized carbons (Fsp3) is 0.556. The molecule has 0 radical (unpaired) electrons. The van der Waals surface area contributed by atoms with Gasteiger partial charge >= 0.3 is 5.97 Å². The maximum absolute atomic E-state index is 12.2. The molecule has 0 spiro atoms. The maximum Gasteiger partial charge on any atom is 0.341 e. The molecule has 0 unspecified atom stereocenters. The van der Waals surface area contributed by atoms with Crippen molar-refractivity contribution in [1.29, 1.82) is 0 Å². The molecule has 126 valence electrons. The first-order chi connectivity index (χ1) is 10.7. The summed E-state index contributed by atoms with van der Waals surface area (Å²) in [5, 5.41) is 11.6. The molecule has 1 aromatic rings.